The maximum absolute atomic E-state index is 9.73. The molecule has 0 amide bonds. The van der Waals surface area contributed by atoms with Gasteiger partial charge in [0.05, 0.1) is 38.1 Å². The average Bonchev–Trinajstić information content (AvgIpc) is 3.26. The van der Waals surface area contributed by atoms with E-state index in [2.05, 4.69) is 10.2 Å². The van der Waals surface area contributed by atoms with Crippen molar-refractivity contribution in [1.82, 2.24) is 15.2 Å². The monoisotopic (exact) mass is 441 g/mol. The van der Waals surface area contributed by atoms with Gasteiger partial charge in [-0.2, -0.15) is 5.10 Å². The predicted molar refractivity (Wildman–Crippen MR) is 127 cm³/mol. The molecule has 0 aliphatic heterocycles. The maximum atomic E-state index is 9.73. The summed E-state index contributed by atoms with van der Waals surface area (Å²) in [6.07, 6.45) is 0.633. The third kappa shape index (κ3) is 3.67. The number of methoxy groups -OCH3 is 3. The SMILES string of the molecule is COc1ccc(Cc2n[nH]c3nc(-c4ccc(O)cc4)c4cc(OC)c(OC)cc4c23)cc1. The molecule has 2 N–H and O–H groups in total. The van der Waals surface area contributed by atoms with Crippen molar-refractivity contribution < 1.29 is 19.3 Å². The molecule has 0 atom stereocenters. The van der Waals surface area contributed by atoms with Crippen molar-refractivity contribution >= 4 is 21.8 Å². The maximum Gasteiger partial charge on any atom is 0.161 e. The Hall–Kier alpha value is -4.26. The lowest BCUT2D eigenvalue weighted by atomic mass is 9.98. The van der Waals surface area contributed by atoms with E-state index in [9.17, 15) is 5.11 Å². The number of phenols is 1. The molecule has 0 aliphatic carbocycles. The van der Waals surface area contributed by atoms with Crippen LogP contribution in [0.2, 0.25) is 0 Å². The number of benzene rings is 3. The summed E-state index contributed by atoms with van der Waals surface area (Å²) in [5.74, 6) is 2.26. The van der Waals surface area contributed by atoms with E-state index in [-0.39, 0.29) is 5.75 Å². The fourth-order valence-corrected chi connectivity index (χ4v) is 4.09. The highest BCUT2D eigenvalue weighted by Gasteiger charge is 2.19. The van der Waals surface area contributed by atoms with E-state index in [0.717, 1.165) is 44.4 Å². The second-order valence-electron chi connectivity index (χ2n) is 7.68. The number of aromatic hydroxyl groups is 1. The Kier molecular flexibility index (Phi) is 5.22. The highest BCUT2D eigenvalue weighted by Crippen LogP contribution is 2.40. The smallest absolute Gasteiger partial charge is 0.161 e. The van der Waals surface area contributed by atoms with E-state index < -0.39 is 0 Å². The lowest BCUT2D eigenvalue weighted by molar-refractivity contribution is 0.356. The number of aromatic nitrogens is 3. The largest absolute Gasteiger partial charge is 0.508 e. The summed E-state index contributed by atoms with van der Waals surface area (Å²) in [6, 6.07) is 18.8. The van der Waals surface area contributed by atoms with E-state index in [4.69, 9.17) is 19.2 Å². The van der Waals surface area contributed by atoms with Crippen LogP contribution in [0.4, 0.5) is 0 Å². The van der Waals surface area contributed by atoms with Crippen molar-refractivity contribution in [3.63, 3.8) is 0 Å². The summed E-state index contributed by atoms with van der Waals surface area (Å²) >= 11 is 0. The molecular formula is C26H23N3O4. The van der Waals surface area contributed by atoms with E-state index in [1.54, 1.807) is 33.5 Å². The standard InChI is InChI=1S/C26H23N3O4/c1-31-18-10-4-15(5-11-18)12-21-24-19-13-22(32-2)23(33-3)14-20(19)25(27-26(24)29-28-21)16-6-8-17(30)9-7-16/h4-11,13-14,30H,12H2,1-3H3,(H,27,28,29). The number of phenolic OH excluding ortho intramolecular Hbond substituents is 1. The number of aromatic amines is 1. The van der Waals surface area contributed by atoms with Gasteiger partial charge in [-0.3, -0.25) is 5.10 Å². The van der Waals surface area contributed by atoms with Crippen LogP contribution in [-0.4, -0.2) is 41.6 Å². The van der Waals surface area contributed by atoms with Gasteiger partial charge in [0.15, 0.2) is 17.1 Å². The molecule has 0 unspecified atom stereocenters. The molecule has 0 spiro atoms. The first-order valence-electron chi connectivity index (χ1n) is 10.5. The Bertz CT molecular complexity index is 1440. The van der Waals surface area contributed by atoms with Gasteiger partial charge >= 0.3 is 0 Å². The van der Waals surface area contributed by atoms with Crippen molar-refractivity contribution in [1.29, 1.82) is 0 Å². The topological polar surface area (TPSA) is 89.5 Å². The third-order valence-electron chi connectivity index (χ3n) is 5.77. The molecule has 0 fully saturated rings. The molecule has 33 heavy (non-hydrogen) atoms. The number of H-pyrrole nitrogens is 1. The second-order valence-corrected chi connectivity index (χ2v) is 7.68. The van der Waals surface area contributed by atoms with Crippen molar-refractivity contribution in [2.24, 2.45) is 0 Å². The minimum absolute atomic E-state index is 0.201. The molecule has 0 aliphatic rings. The number of rotatable bonds is 6. The molecule has 7 heteroatoms. The van der Waals surface area contributed by atoms with Crippen LogP contribution in [0.15, 0.2) is 60.7 Å². The predicted octanol–water partition coefficient (Wildman–Crippen LogP) is 5.10. The number of fused-ring (bicyclic) bond motifs is 3. The van der Waals surface area contributed by atoms with E-state index in [0.29, 0.717) is 23.6 Å². The number of ether oxygens (including phenoxy) is 3. The summed E-state index contributed by atoms with van der Waals surface area (Å²) < 4.78 is 16.4. The number of hydrogen-bond donors (Lipinski definition) is 2. The Labute approximate surface area is 190 Å². The molecule has 7 nitrogen and oxygen atoms in total. The minimum Gasteiger partial charge on any atom is -0.508 e. The fraction of sp³-hybridized carbons (Fsp3) is 0.154. The number of nitrogens with one attached hydrogen (secondary N) is 1. The summed E-state index contributed by atoms with van der Waals surface area (Å²) in [7, 11) is 4.89. The molecule has 0 saturated carbocycles. The van der Waals surface area contributed by atoms with Crippen molar-refractivity contribution in [2.45, 2.75) is 6.42 Å². The lowest BCUT2D eigenvalue weighted by Crippen LogP contribution is -1.95. The van der Waals surface area contributed by atoms with Crippen LogP contribution in [0.5, 0.6) is 23.0 Å². The molecule has 166 valence electrons. The Morgan fingerprint density at radius 1 is 0.818 bits per heavy atom. The molecule has 2 heterocycles. The normalized spacial score (nSPS) is 11.1. The summed E-state index contributed by atoms with van der Waals surface area (Å²) in [6.45, 7) is 0. The molecule has 5 aromatic rings. The summed E-state index contributed by atoms with van der Waals surface area (Å²) in [4.78, 5) is 4.91. The van der Waals surface area contributed by atoms with E-state index in [1.807, 2.05) is 48.5 Å². The van der Waals surface area contributed by atoms with Crippen LogP contribution in [0.3, 0.4) is 0 Å². The second kappa shape index (κ2) is 8.35. The summed E-state index contributed by atoms with van der Waals surface area (Å²) in [5.41, 5.74) is 4.32. The first-order valence-corrected chi connectivity index (χ1v) is 10.5. The molecule has 0 radical (unpaired) electrons. The van der Waals surface area contributed by atoms with Crippen molar-refractivity contribution in [3.8, 4) is 34.3 Å². The van der Waals surface area contributed by atoms with Crippen LogP contribution >= 0.6 is 0 Å². The first kappa shape index (κ1) is 20.6. The Morgan fingerprint density at radius 3 is 2.12 bits per heavy atom. The molecule has 2 aromatic heterocycles. The minimum atomic E-state index is 0.201. The lowest BCUT2D eigenvalue weighted by Gasteiger charge is -2.13. The Balaban J connectivity index is 1.75. The van der Waals surface area contributed by atoms with Gasteiger partial charge < -0.3 is 19.3 Å². The molecule has 5 rings (SSSR count). The zero-order valence-corrected chi connectivity index (χ0v) is 18.5. The highest BCUT2D eigenvalue weighted by atomic mass is 16.5. The molecular weight excluding hydrogens is 418 g/mol. The van der Waals surface area contributed by atoms with Gasteiger partial charge in [-0.15, -0.1) is 0 Å². The van der Waals surface area contributed by atoms with Crippen LogP contribution in [0.25, 0.3) is 33.1 Å². The summed E-state index contributed by atoms with van der Waals surface area (Å²) in [5, 5.41) is 20.2. The Morgan fingerprint density at radius 2 is 1.48 bits per heavy atom. The molecule has 0 saturated heterocycles. The molecule has 0 bridgehead atoms. The van der Waals surface area contributed by atoms with Gasteiger partial charge in [0, 0.05) is 22.8 Å². The quantitative estimate of drug-likeness (QED) is 0.381. The van der Waals surface area contributed by atoms with Gasteiger partial charge in [-0.25, -0.2) is 4.98 Å². The van der Waals surface area contributed by atoms with Crippen LogP contribution in [-0.2, 0) is 6.42 Å². The van der Waals surface area contributed by atoms with Crippen LogP contribution in [0.1, 0.15) is 11.3 Å². The van der Waals surface area contributed by atoms with Crippen LogP contribution < -0.4 is 14.2 Å². The zero-order valence-electron chi connectivity index (χ0n) is 18.5. The molecule has 3 aromatic carbocycles. The highest BCUT2D eigenvalue weighted by molar-refractivity contribution is 6.12. The van der Waals surface area contributed by atoms with E-state index >= 15 is 0 Å². The number of hydrogen-bond acceptors (Lipinski definition) is 6. The van der Waals surface area contributed by atoms with Gasteiger partial charge in [0.25, 0.3) is 0 Å². The zero-order chi connectivity index (χ0) is 22.9. The number of nitrogens with zero attached hydrogens (tertiary/aromatic N) is 2. The average molecular weight is 441 g/mol. The van der Waals surface area contributed by atoms with Crippen LogP contribution in [0, 0.1) is 0 Å². The van der Waals surface area contributed by atoms with E-state index in [1.165, 1.54) is 0 Å². The fourth-order valence-electron chi connectivity index (χ4n) is 4.09. The van der Waals surface area contributed by atoms with Gasteiger partial charge in [0.2, 0.25) is 0 Å². The van der Waals surface area contributed by atoms with Gasteiger partial charge in [-0.1, -0.05) is 12.1 Å². The van der Waals surface area contributed by atoms with Gasteiger partial charge in [0.1, 0.15) is 11.5 Å². The third-order valence-corrected chi connectivity index (χ3v) is 5.77. The van der Waals surface area contributed by atoms with Gasteiger partial charge in [-0.05, 0) is 54.1 Å². The number of pyridine rings is 1. The van der Waals surface area contributed by atoms with Crippen molar-refractivity contribution in [2.75, 3.05) is 21.3 Å². The van der Waals surface area contributed by atoms with Crippen molar-refractivity contribution in [3.05, 3.63) is 71.9 Å². The first-order chi connectivity index (χ1) is 16.1.